The summed E-state index contributed by atoms with van der Waals surface area (Å²) in [5, 5.41) is 8.99. The molecule has 0 aromatic heterocycles. The highest BCUT2D eigenvalue weighted by molar-refractivity contribution is 4.82. The van der Waals surface area contributed by atoms with E-state index in [2.05, 4.69) is 18.7 Å². The minimum Gasteiger partial charge on any atom is -0.396 e. The summed E-state index contributed by atoms with van der Waals surface area (Å²) in [5.74, 6) is 1.04. The van der Waals surface area contributed by atoms with Gasteiger partial charge in [0.1, 0.15) is 0 Å². The molecule has 3 heteroatoms. The Hall–Kier alpha value is -0.120. The van der Waals surface area contributed by atoms with E-state index in [1.165, 1.54) is 6.42 Å². The first-order valence-corrected chi connectivity index (χ1v) is 5.76. The van der Waals surface area contributed by atoms with Gasteiger partial charge in [0, 0.05) is 25.7 Å². The number of nitrogens with zero attached hydrogens (tertiary/aromatic N) is 1. The zero-order valence-corrected chi connectivity index (χ0v) is 9.45. The van der Waals surface area contributed by atoms with Gasteiger partial charge in [-0.2, -0.15) is 0 Å². The molecule has 1 aliphatic heterocycles. The van der Waals surface area contributed by atoms with Gasteiger partial charge >= 0.3 is 0 Å². The normalized spacial score (nSPS) is 31.7. The molecule has 84 valence electrons. The fourth-order valence-electron chi connectivity index (χ4n) is 2.22. The molecule has 1 rings (SSSR count). The number of likely N-dealkylation sites (tertiary alicyclic amines) is 1. The highest BCUT2D eigenvalue weighted by Gasteiger charge is 2.25. The standard InChI is InChI=1S/C11H24N2O/c1-3-10-7-13(5-4-11(10)12)6-9(2)8-14/h9-11,14H,3-8,12H2,1-2H3. The van der Waals surface area contributed by atoms with Gasteiger partial charge in [-0.25, -0.2) is 0 Å². The molecule has 1 fully saturated rings. The Balaban J connectivity index is 2.34. The van der Waals surface area contributed by atoms with E-state index < -0.39 is 0 Å². The maximum atomic E-state index is 8.99. The third-order valence-corrected chi connectivity index (χ3v) is 3.28. The fourth-order valence-corrected chi connectivity index (χ4v) is 2.22. The van der Waals surface area contributed by atoms with Gasteiger partial charge in [-0.3, -0.25) is 0 Å². The molecule has 3 nitrogen and oxygen atoms in total. The summed E-state index contributed by atoms with van der Waals surface area (Å²) < 4.78 is 0. The number of piperidine rings is 1. The predicted molar refractivity (Wildman–Crippen MR) is 59.1 cm³/mol. The molecule has 1 heterocycles. The molecule has 14 heavy (non-hydrogen) atoms. The van der Waals surface area contributed by atoms with E-state index in [1.54, 1.807) is 0 Å². The number of rotatable bonds is 4. The lowest BCUT2D eigenvalue weighted by molar-refractivity contribution is 0.115. The summed E-state index contributed by atoms with van der Waals surface area (Å²) in [6.45, 7) is 7.82. The average Bonchev–Trinajstić information content (AvgIpc) is 2.20. The van der Waals surface area contributed by atoms with Gasteiger partial charge in [-0.1, -0.05) is 20.3 Å². The number of hydrogen-bond donors (Lipinski definition) is 2. The number of hydrogen-bond acceptors (Lipinski definition) is 3. The molecule has 3 atom stereocenters. The first-order valence-electron chi connectivity index (χ1n) is 5.76. The van der Waals surface area contributed by atoms with Crippen LogP contribution in [-0.2, 0) is 0 Å². The number of aliphatic hydroxyl groups is 1. The molecule has 0 radical (unpaired) electrons. The molecule has 1 saturated heterocycles. The monoisotopic (exact) mass is 200 g/mol. The van der Waals surface area contributed by atoms with Gasteiger partial charge < -0.3 is 15.7 Å². The lowest BCUT2D eigenvalue weighted by Crippen LogP contribution is -2.48. The third-order valence-electron chi connectivity index (χ3n) is 3.28. The van der Waals surface area contributed by atoms with Crippen LogP contribution >= 0.6 is 0 Å². The van der Waals surface area contributed by atoms with E-state index >= 15 is 0 Å². The van der Waals surface area contributed by atoms with Crippen molar-refractivity contribution in [3.63, 3.8) is 0 Å². The Morgan fingerprint density at radius 3 is 2.86 bits per heavy atom. The van der Waals surface area contributed by atoms with E-state index in [9.17, 15) is 0 Å². The van der Waals surface area contributed by atoms with Gasteiger partial charge in [0.2, 0.25) is 0 Å². The first-order chi connectivity index (χ1) is 6.67. The topological polar surface area (TPSA) is 49.5 Å². The summed E-state index contributed by atoms with van der Waals surface area (Å²) in [6.07, 6.45) is 2.28. The lowest BCUT2D eigenvalue weighted by atomic mass is 9.90. The smallest absolute Gasteiger partial charge is 0.0468 e. The molecule has 0 aromatic carbocycles. The molecule has 0 aromatic rings. The predicted octanol–water partition coefficient (Wildman–Crippen LogP) is 0.674. The van der Waals surface area contributed by atoms with Crippen LogP contribution in [-0.4, -0.2) is 42.3 Å². The van der Waals surface area contributed by atoms with Gasteiger partial charge in [0.15, 0.2) is 0 Å². The second-order valence-electron chi connectivity index (χ2n) is 4.67. The summed E-state index contributed by atoms with van der Waals surface area (Å²) >= 11 is 0. The Morgan fingerprint density at radius 1 is 1.57 bits per heavy atom. The molecule has 0 aliphatic carbocycles. The summed E-state index contributed by atoms with van der Waals surface area (Å²) in [6, 6.07) is 0.390. The quantitative estimate of drug-likeness (QED) is 0.701. The highest BCUT2D eigenvalue weighted by atomic mass is 16.3. The van der Waals surface area contributed by atoms with Crippen molar-refractivity contribution in [1.29, 1.82) is 0 Å². The molecule has 0 amide bonds. The van der Waals surface area contributed by atoms with Crippen LogP contribution in [0.5, 0.6) is 0 Å². The Kier molecular flexibility index (Phi) is 4.85. The van der Waals surface area contributed by atoms with Crippen LogP contribution < -0.4 is 5.73 Å². The molecular weight excluding hydrogens is 176 g/mol. The molecule has 0 spiro atoms. The number of nitrogens with two attached hydrogens (primary N) is 1. The van der Waals surface area contributed by atoms with Crippen molar-refractivity contribution < 1.29 is 5.11 Å². The molecule has 0 bridgehead atoms. The Morgan fingerprint density at radius 2 is 2.29 bits per heavy atom. The van der Waals surface area contributed by atoms with E-state index in [-0.39, 0.29) is 0 Å². The zero-order chi connectivity index (χ0) is 10.6. The zero-order valence-electron chi connectivity index (χ0n) is 9.45. The summed E-state index contributed by atoms with van der Waals surface area (Å²) in [7, 11) is 0. The maximum absolute atomic E-state index is 8.99. The van der Waals surface area contributed by atoms with Crippen LogP contribution in [0, 0.1) is 11.8 Å². The molecule has 3 N–H and O–H groups in total. The average molecular weight is 200 g/mol. The van der Waals surface area contributed by atoms with Gasteiger partial charge in [-0.05, 0) is 24.8 Å². The minimum atomic E-state index is 0.291. The van der Waals surface area contributed by atoms with Crippen molar-refractivity contribution >= 4 is 0 Å². The van der Waals surface area contributed by atoms with Crippen molar-refractivity contribution in [3.8, 4) is 0 Å². The van der Waals surface area contributed by atoms with Crippen molar-refractivity contribution in [2.45, 2.75) is 32.7 Å². The van der Waals surface area contributed by atoms with E-state index in [1.807, 2.05) is 0 Å². The molecule has 3 unspecified atom stereocenters. The lowest BCUT2D eigenvalue weighted by Gasteiger charge is -2.37. The molecule has 0 saturated carbocycles. The van der Waals surface area contributed by atoms with E-state index in [4.69, 9.17) is 10.8 Å². The second-order valence-corrected chi connectivity index (χ2v) is 4.67. The fraction of sp³-hybridized carbons (Fsp3) is 1.00. The summed E-state index contributed by atoms with van der Waals surface area (Å²) in [5.41, 5.74) is 6.04. The van der Waals surface area contributed by atoms with Crippen LogP contribution in [0.3, 0.4) is 0 Å². The van der Waals surface area contributed by atoms with Gasteiger partial charge in [0.25, 0.3) is 0 Å². The SMILES string of the molecule is CCC1CN(CC(C)CO)CCC1N. The van der Waals surface area contributed by atoms with Gasteiger partial charge in [-0.15, -0.1) is 0 Å². The van der Waals surface area contributed by atoms with Crippen molar-refractivity contribution in [3.05, 3.63) is 0 Å². The molecular formula is C11H24N2O. The van der Waals surface area contributed by atoms with Crippen LogP contribution in [0.15, 0.2) is 0 Å². The van der Waals surface area contributed by atoms with Crippen LogP contribution in [0.1, 0.15) is 26.7 Å². The minimum absolute atomic E-state index is 0.291. The Bertz CT molecular complexity index is 163. The van der Waals surface area contributed by atoms with Crippen LogP contribution in [0.25, 0.3) is 0 Å². The van der Waals surface area contributed by atoms with Crippen molar-refractivity contribution in [2.75, 3.05) is 26.2 Å². The largest absolute Gasteiger partial charge is 0.396 e. The van der Waals surface area contributed by atoms with Crippen molar-refractivity contribution in [2.24, 2.45) is 17.6 Å². The first kappa shape index (κ1) is 12.0. The summed E-state index contributed by atoms with van der Waals surface area (Å²) in [4.78, 5) is 2.44. The van der Waals surface area contributed by atoms with Crippen molar-refractivity contribution in [1.82, 2.24) is 4.90 Å². The third kappa shape index (κ3) is 3.23. The van der Waals surface area contributed by atoms with E-state index in [0.717, 1.165) is 26.1 Å². The maximum Gasteiger partial charge on any atom is 0.0468 e. The van der Waals surface area contributed by atoms with E-state index in [0.29, 0.717) is 24.5 Å². The number of aliphatic hydroxyl groups excluding tert-OH is 1. The molecule has 1 aliphatic rings. The van der Waals surface area contributed by atoms with Crippen LogP contribution in [0.2, 0.25) is 0 Å². The highest BCUT2D eigenvalue weighted by Crippen LogP contribution is 2.19. The second kappa shape index (κ2) is 5.69. The van der Waals surface area contributed by atoms with Gasteiger partial charge in [0.05, 0.1) is 0 Å². The van der Waals surface area contributed by atoms with Crippen LogP contribution in [0.4, 0.5) is 0 Å². The Labute approximate surface area is 87.3 Å².